The highest BCUT2D eigenvalue weighted by atomic mass is 16.5. The number of hydrogen-bond acceptors (Lipinski definition) is 4. The van der Waals surface area contributed by atoms with Gasteiger partial charge in [0, 0.05) is 11.6 Å². The summed E-state index contributed by atoms with van der Waals surface area (Å²) >= 11 is 0. The van der Waals surface area contributed by atoms with Crippen LogP contribution in [-0.4, -0.2) is 33.0 Å². The molecule has 0 saturated carbocycles. The highest BCUT2D eigenvalue weighted by Crippen LogP contribution is 2.41. The highest BCUT2D eigenvalue weighted by Gasteiger charge is 2.36. The lowest BCUT2D eigenvalue weighted by atomic mass is 9.74. The number of nitrogens with zero attached hydrogens (tertiary/aromatic N) is 2. The van der Waals surface area contributed by atoms with Crippen molar-refractivity contribution in [2.45, 2.75) is 32.7 Å². The van der Waals surface area contributed by atoms with Gasteiger partial charge in [0.2, 0.25) is 0 Å². The average Bonchev–Trinajstić information content (AvgIpc) is 3.27. The SMILES string of the molecule is COc1ccc(-n2ncc3c2CC(C)(C)C[C@@H]3NC(=O)c2cc(=O)[nH][nH]2)cc1. The molecule has 1 atom stereocenters. The van der Waals surface area contributed by atoms with Crippen LogP contribution >= 0.6 is 0 Å². The van der Waals surface area contributed by atoms with Crippen LogP contribution in [-0.2, 0) is 6.42 Å². The summed E-state index contributed by atoms with van der Waals surface area (Å²) in [6.07, 6.45) is 3.45. The smallest absolute Gasteiger partial charge is 0.269 e. The van der Waals surface area contributed by atoms with Gasteiger partial charge in [-0.05, 0) is 42.5 Å². The molecular weight excluding hydrogens is 358 g/mol. The van der Waals surface area contributed by atoms with Crippen molar-refractivity contribution in [3.63, 3.8) is 0 Å². The van der Waals surface area contributed by atoms with Gasteiger partial charge in [-0.15, -0.1) is 0 Å². The van der Waals surface area contributed by atoms with Gasteiger partial charge in [-0.3, -0.25) is 19.8 Å². The Morgan fingerprint density at radius 1 is 1.29 bits per heavy atom. The molecule has 0 bridgehead atoms. The number of rotatable bonds is 4. The maximum Gasteiger partial charge on any atom is 0.269 e. The first-order valence-corrected chi connectivity index (χ1v) is 9.16. The molecule has 0 unspecified atom stereocenters. The van der Waals surface area contributed by atoms with Crippen LogP contribution in [0.5, 0.6) is 5.75 Å². The predicted molar refractivity (Wildman–Crippen MR) is 104 cm³/mol. The molecule has 146 valence electrons. The molecule has 8 nitrogen and oxygen atoms in total. The van der Waals surface area contributed by atoms with E-state index in [4.69, 9.17) is 4.74 Å². The number of benzene rings is 1. The summed E-state index contributed by atoms with van der Waals surface area (Å²) in [6, 6.07) is 8.80. The normalized spacial score (nSPS) is 17.8. The van der Waals surface area contributed by atoms with Crippen LogP contribution in [0.1, 0.15) is 48.1 Å². The number of amides is 1. The number of carbonyl (C=O) groups is 1. The fourth-order valence-corrected chi connectivity index (χ4v) is 3.81. The topological polar surface area (TPSA) is 105 Å². The minimum atomic E-state index is -0.331. The van der Waals surface area contributed by atoms with E-state index in [2.05, 4.69) is 34.5 Å². The van der Waals surface area contributed by atoms with E-state index in [-0.39, 0.29) is 28.6 Å². The number of carbonyl (C=O) groups excluding carboxylic acids is 1. The molecule has 0 saturated heterocycles. The van der Waals surface area contributed by atoms with Gasteiger partial charge in [0.1, 0.15) is 11.4 Å². The van der Waals surface area contributed by atoms with Crippen LogP contribution in [0, 0.1) is 5.41 Å². The maximum atomic E-state index is 12.6. The van der Waals surface area contributed by atoms with Gasteiger partial charge in [0.25, 0.3) is 11.5 Å². The van der Waals surface area contributed by atoms with E-state index < -0.39 is 0 Å². The highest BCUT2D eigenvalue weighted by molar-refractivity contribution is 5.92. The molecule has 1 aromatic carbocycles. The zero-order valence-corrected chi connectivity index (χ0v) is 16.1. The van der Waals surface area contributed by atoms with Gasteiger partial charge in [0.15, 0.2) is 0 Å². The lowest BCUT2D eigenvalue weighted by Crippen LogP contribution is -2.37. The Kier molecular flexibility index (Phi) is 4.33. The van der Waals surface area contributed by atoms with Crippen molar-refractivity contribution in [3.05, 3.63) is 63.8 Å². The minimum absolute atomic E-state index is 0.0131. The molecule has 0 fully saturated rings. The quantitative estimate of drug-likeness (QED) is 0.645. The van der Waals surface area contributed by atoms with E-state index in [0.29, 0.717) is 0 Å². The third kappa shape index (κ3) is 3.33. The summed E-state index contributed by atoms with van der Waals surface area (Å²) in [6.45, 7) is 4.36. The van der Waals surface area contributed by atoms with Crippen LogP contribution in [0.3, 0.4) is 0 Å². The van der Waals surface area contributed by atoms with Gasteiger partial charge < -0.3 is 10.1 Å². The number of methoxy groups -OCH3 is 1. The number of H-pyrrole nitrogens is 2. The molecule has 28 heavy (non-hydrogen) atoms. The standard InChI is InChI=1S/C20H23N5O3/c1-20(2)9-16(22-19(27)15-8-18(26)24-23-15)14-11-21-25(17(14)10-20)12-4-6-13(28-3)7-5-12/h4-8,11,16H,9-10H2,1-3H3,(H,22,27)(H2,23,24,26)/t16-/m0/s1. The zero-order chi connectivity index (χ0) is 19.9. The molecule has 1 aliphatic carbocycles. The van der Waals surface area contributed by atoms with Gasteiger partial charge in [0.05, 0.1) is 30.7 Å². The summed E-state index contributed by atoms with van der Waals surface area (Å²) in [7, 11) is 1.64. The van der Waals surface area contributed by atoms with Crippen molar-refractivity contribution < 1.29 is 9.53 Å². The molecule has 8 heteroatoms. The Morgan fingerprint density at radius 2 is 2.04 bits per heavy atom. The van der Waals surface area contributed by atoms with Gasteiger partial charge in [-0.2, -0.15) is 5.10 Å². The third-order valence-corrected chi connectivity index (χ3v) is 5.14. The fourth-order valence-electron chi connectivity index (χ4n) is 3.81. The Labute approximate surface area is 161 Å². The number of aromatic nitrogens is 4. The Morgan fingerprint density at radius 3 is 2.68 bits per heavy atom. The Bertz CT molecular complexity index is 1060. The summed E-state index contributed by atoms with van der Waals surface area (Å²) in [4.78, 5) is 23.9. The first-order valence-electron chi connectivity index (χ1n) is 9.16. The van der Waals surface area contributed by atoms with Crippen LogP contribution in [0.15, 0.2) is 41.3 Å². The van der Waals surface area contributed by atoms with Crippen molar-refractivity contribution >= 4 is 5.91 Å². The van der Waals surface area contributed by atoms with Crippen molar-refractivity contribution in [2.24, 2.45) is 5.41 Å². The molecule has 1 aliphatic rings. The minimum Gasteiger partial charge on any atom is -0.497 e. The number of ether oxygens (including phenoxy) is 1. The maximum absolute atomic E-state index is 12.6. The molecule has 1 amide bonds. The second-order valence-electron chi connectivity index (χ2n) is 7.90. The molecule has 0 spiro atoms. The van der Waals surface area contributed by atoms with Crippen molar-refractivity contribution in [3.8, 4) is 11.4 Å². The van der Waals surface area contributed by atoms with Crippen LogP contribution in [0.4, 0.5) is 0 Å². The molecule has 0 aliphatic heterocycles. The van der Waals surface area contributed by atoms with E-state index in [0.717, 1.165) is 35.5 Å². The van der Waals surface area contributed by atoms with E-state index in [9.17, 15) is 9.59 Å². The summed E-state index contributed by atoms with van der Waals surface area (Å²) in [5, 5.41) is 12.6. The number of nitrogens with one attached hydrogen (secondary N) is 3. The van der Waals surface area contributed by atoms with Crippen LogP contribution in [0.2, 0.25) is 0 Å². The van der Waals surface area contributed by atoms with E-state index in [1.54, 1.807) is 7.11 Å². The molecule has 3 aromatic rings. The zero-order valence-electron chi connectivity index (χ0n) is 16.1. The second-order valence-corrected chi connectivity index (χ2v) is 7.90. The number of aromatic amines is 2. The molecule has 2 aromatic heterocycles. The van der Waals surface area contributed by atoms with Crippen molar-refractivity contribution in [1.82, 2.24) is 25.3 Å². The number of hydrogen-bond donors (Lipinski definition) is 3. The lowest BCUT2D eigenvalue weighted by molar-refractivity contribution is 0.0914. The van der Waals surface area contributed by atoms with Crippen LogP contribution in [0.25, 0.3) is 5.69 Å². The molecule has 4 rings (SSSR count). The van der Waals surface area contributed by atoms with E-state index in [1.165, 1.54) is 6.07 Å². The van der Waals surface area contributed by atoms with Gasteiger partial charge in [-0.1, -0.05) is 13.8 Å². The number of fused-ring (bicyclic) bond motifs is 1. The van der Waals surface area contributed by atoms with E-state index >= 15 is 0 Å². The van der Waals surface area contributed by atoms with Crippen LogP contribution < -0.4 is 15.6 Å². The lowest BCUT2D eigenvalue weighted by Gasteiger charge is -2.35. The first-order chi connectivity index (χ1) is 13.4. The summed E-state index contributed by atoms with van der Waals surface area (Å²) in [5.41, 5.74) is 2.90. The second kappa shape index (κ2) is 6.70. The average molecular weight is 381 g/mol. The summed E-state index contributed by atoms with van der Waals surface area (Å²) in [5.74, 6) is 0.472. The molecule has 3 N–H and O–H groups in total. The molecule has 2 heterocycles. The van der Waals surface area contributed by atoms with Gasteiger partial charge in [-0.25, -0.2) is 4.68 Å². The Hall–Kier alpha value is -3.29. The van der Waals surface area contributed by atoms with E-state index in [1.807, 2.05) is 35.1 Å². The predicted octanol–water partition coefficient (Wildman–Crippen LogP) is 2.34. The molecular formula is C20H23N5O3. The largest absolute Gasteiger partial charge is 0.497 e. The third-order valence-electron chi connectivity index (χ3n) is 5.14. The molecule has 0 radical (unpaired) electrons. The van der Waals surface area contributed by atoms with Crippen molar-refractivity contribution in [1.29, 1.82) is 0 Å². The van der Waals surface area contributed by atoms with Crippen molar-refractivity contribution in [2.75, 3.05) is 7.11 Å². The monoisotopic (exact) mass is 381 g/mol. The Balaban J connectivity index is 1.67. The first kappa shape index (κ1) is 18.1. The van der Waals surface area contributed by atoms with Gasteiger partial charge >= 0.3 is 0 Å². The summed E-state index contributed by atoms with van der Waals surface area (Å²) < 4.78 is 7.16. The fraction of sp³-hybridized carbons (Fsp3) is 0.350.